The number of fused-ring (bicyclic) bond motifs is 1. The largest absolute Gasteiger partial charge is 0.497 e. The smallest absolute Gasteiger partial charge is 0.353 e. The van der Waals surface area contributed by atoms with Crippen LogP contribution in [0, 0.1) is 6.92 Å². The lowest BCUT2D eigenvalue weighted by molar-refractivity contribution is 0.0687. The van der Waals surface area contributed by atoms with Crippen molar-refractivity contribution in [2.45, 2.75) is 39.7 Å². The molecular formula is C34H33NO3. The molecule has 1 N–H and O–H groups in total. The second-order valence-electron chi connectivity index (χ2n) is 10.8. The number of carboxylic acid groups (broad SMARTS) is 1. The van der Waals surface area contributed by atoms with Crippen molar-refractivity contribution in [1.82, 2.24) is 4.57 Å². The number of methoxy groups -OCH3 is 1. The first-order valence-corrected chi connectivity index (χ1v) is 12.9. The lowest BCUT2D eigenvalue weighted by Crippen LogP contribution is -2.12. The third-order valence-corrected chi connectivity index (χ3v) is 7.31. The number of hydrogen-bond acceptors (Lipinski definition) is 2. The lowest BCUT2D eigenvalue weighted by Gasteiger charge is -2.19. The highest BCUT2D eigenvalue weighted by Crippen LogP contribution is 2.37. The zero-order chi connectivity index (χ0) is 27.0. The van der Waals surface area contributed by atoms with Crippen molar-refractivity contribution in [2.24, 2.45) is 0 Å². The van der Waals surface area contributed by atoms with Crippen molar-refractivity contribution in [2.75, 3.05) is 7.11 Å². The van der Waals surface area contributed by atoms with E-state index >= 15 is 0 Å². The van der Waals surface area contributed by atoms with Gasteiger partial charge in [-0.2, -0.15) is 0 Å². The van der Waals surface area contributed by atoms with E-state index in [2.05, 4.69) is 70.2 Å². The lowest BCUT2D eigenvalue weighted by atomic mass is 9.86. The molecule has 1 aromatic heterocycles. The molecule has 4 nitrogen and oxygen atoms in total. The SMILES string of the molecule is COc1ccc(-c2ccc(C)c(Cn3c(C(=O)O)c(-c4ccc(C(C)(C)C)cc4)c4ccccc43)c2)cc1. The van der Waals surface area contributed by atoms with Gasteiger partial charge in [0.05, 0.1) is 7.11 Å². The van der Waals surface area contributed by atoms with Gasteiger partial charge >= 0.3 is 5.97 Å². The van der Waals surface area contributed by atoms with Crippen LogP contribution in [0.5, 0.6) is 5.75 Å². The van der Waals surface area contributed by atoms with Crippen LogP contribution in [0.3, 0.4) is 0 Å². The molecule has 192 valence electrons. The molecule has 0 saturated heterocycles. The molecule has 0 aliphatic rings. The Morgan fingerprint density at radius 3 is 2.11 bits per heavy atom. The molecule has 0 radical (unpaired) electrons. The van der Waals surface area contributed by atoms with Gasteiger partial charge in [-0.15, -0.1) is 0 Å². The molecule has 0 bridgehead atoms. The van der Waals surface area contributed by atoms with E-state index in [4.69, 9.17) is 4.74 Å². The zero-order valence-electron chi connectivity index (χ0n) is 22.6. The minimum Gasteiger partial charge on any atom is -0.497 e. The fourth-order valence-corrected chi connectivity index (χ4v) is 5.09. The number of aromatic nitrogens is 1. The van der Waals surface area contributed by atoms with E-state index in [-0.39, 0.29) is 5.41 Å². The summed E-state index contributed by atoms with van der Waals surface area (Å²) in [4.78, 5) is 12.8. The molecule has 5 rings (SSSR count). The van der Waals surface area contributed by atoms with Gasteiger partial charge in [-0.1, -0.05) is 87.5 Å². The minimum atomic E-state index is -0.931. The van der Waals surface area contributed by atoms with Crippen molar-refractivity contribution in [3.05, 3.63) is 113 Å². The number of rotatable bonds is 6. The maximum atomic E-state index is 12.8. The summed E-state index contributed by atoms with van der Waals surface area (Å²) >= 11 is 0. The molecule has 0 unspecified atom stereocenters. The second kappa shape index (κ2) is 9.86. The van der Waals surface area contributed by atoms with Gasteiger partial charge in [-0.25, -0.2) is 4.79 Å². The monoisotopic (exact) mass is 503 g/mol. The van der Waals surface area contributed by atoms with Crippen molar-refractivity contribution in [1.29, 1.82) is 0 Å². The van der Waals surface area contributed by atoms with Gasteiger partial charge in [0, 0.05) is 23.0 Å². The van der Waals surface area contributed by atoms with Crippen molar-refractivity contribution in [3.8, 4) is 28.0 Å². The molecule has 0 aliphatic carbocycles. The van der Waals surface area contributed by atoms with E-state index in [1.54, 1.807) is 7.11 Å². The van der Waals surface area contributed by atoms with Gasteiger partial charge in [0.25, 0.3) is 0 Å². The Hall–Kier alpha value is -4.31. The fraction of sp³-hybridized carbons (Fsp3) is 0.206. The Morgan fingerprint density at radius 1 is 0.842 bits per heavy atom. The topological polar surface area (TPSA) is 51.5 Å². The number of aryl methyl sites for hydroxylation is 1. The predicted octanol–water partition coefficient (Wildman–Crippen LogP) is 8.34. The number of carboxylic acids is 1. The van der Waals surface area contributed by atoms with Crippen LogP contribution in [-0.2, 0) is 12.0 Å². The molecule has 5 aromatic rings. The summed E-state index contributed by atoms with van der Waals surface area (Å²) in [5.41, 5.74) is 8.50. The van der Waals surface area contributed by atoms with Crippen LogP contribution in [0.15, 0.2) is 91.0 Å². The summed E-state index contributed by atoms with van der Waals surface area (Å²) in [5, 5.41) is 11.4. The summed E-state index contributed by atoms with van der Waals surface area (Å²) in [6.07, 6.45) is 0. The first-order valence-electron chi connectivity index (χ1n) is 12.9. The predicted molar refractivity (Wildman–Crippen MR) is 155 cm³/mol. The summed E-state index contributed by atoms with van der Waals surface area (Å²) in [6, 6.07) is 30.6. The molecule has 0 aliphatic heterocycles. The molecule has 4 heteroatoms. The second-order valence-corrected chi connectivity index (χ2v) is 10.8. The molecule has 0 fully saturated rings. The molecule has 0 amide bonds. The maximum absolute atomic E-state index is 12.8. The minimum absolute atomic E-state index is 0.0224. The Bertz CT molecular complexity index is 1620. The van der Waals surface area contributed by atoms with E-state index in [0.29, 0.717) is 12.2 Å². The van der Waals surface area contributed by atoms with E-state index in [0.717, 1.165) is 50.0 Å². The van der Waals surface area contributed by atoms with Crippen LogP contribution in [0.25, 0.3) is 33.2 Å². The van der Waals surface area contributed by atoms with E-state index < -0.39 is 5.97 Å². The van der Waals surface area contributed by atoms with Crippen molar-refractivity contribution >= 4 is 16.9 Å². The summed E-state index contributed by atoms with van der Waals surface area (Å²) in [7, 11) is 1.66. The van der Waals surface area contributed by atoms with Gasteiger partial charge < -0.3 is 14.4 Å². The van der Waals surface area contributed by atoms with E-state index in [1.165, 1.54) is 5.56 Å². The van der Waals surface area contributed by atoms with Gasteiger partial charge in [-0.05, 0) is 70.0 Å². The maximum Gasteiger partial charge on any atom is 0.353 e. The van der Waals surface area contributed by atoms with Crippen LogP contribution in [-0.4, -0.2) is 22.8 Å². The van der Waals surface area contributed by atoms with Crippen molar-refractivity contribution in [3.63, 3.8) is 0 Å². The highest BCUT2D eigenvalue weighted by Gasteiger charge is 2.24. The Balaban J connectivity index is 1.64. The highest BCUT2D eigenvalue weighted by atomic mass is 16.5. The molecule has 0 atom stereocenters. The number of nitrogens with zero attached hydrogens (tertiary/aromatic N) is 1. The van der Waals surface area contributed by atoms with Gasteiger partial charge in [-0.3, -0.25) is 0 Å². The standard InChI is InChI=1S/C34H33NO3/c1-22-10-11-25(23-14-18-28(38-5)19-15-23)20-26(22)21-35-30-9-7-6-8-29(30)31(32(35)33(36)37)24-12-16-27(17-13-24)34(2,3)4/h6-20H,21H2,1-5H3,(H,36,37). The number of hydrogen-bond donors (Lipinski definition) is 1. The third kappa shape index (κ3) is 4.70. The normalized spacial score (nSPS) is 11.6. The summed E-state index contributed by atoms with van der Waals surface area (Å²) < 4.78 is 7.26. The van der Waals surface area contributed by atoms with Gasteiger partial charge in [0.1, 0.15) is 11.4 Å². The van der Waals surface area contributed by atoms with E-state index in [9.17, 15) is 9.90 Å². The number of ether oxygens (including phenoxy) is 1. The molecule has 0 saturated carbocycles. The molecular weight excluding hydrogens is 470 g/mol. The Labute approximate surface area is 224 Å². The number of benzene rings is 4. The number of aromatic carboxylic acids is 1. The van der Waals surface area contributed by atoms with Crippen LogP contribution in [0.1, 0.15) is 48.0 Å². The number of carbonyl (C=O) groups is 1. The fourth-order valence-electron chi connectivity index (χ4n) is 5.09. The quantitative estimate of drug-likeness (QED) is 0.253. The highest BCUT2D eigenvalue weighted by molar-refractivity contribution is 6.08. The third-order valence-electron chi connectivity index (χ3n) is 7.31. The first-order chi connectivity index (χ1) is 18.2. The Kier molecular flexibility index (Phi) is 6.58. The van der Waals surface area contributed by atoms with Crippen LogP contribution >= 0.6 is 0 Å². The molecule has 4 aromatic carbocycles. The van der Waals surface area contributed by atoms with Crippen LogP contribution in [0.4, 0.5) is 0 Å². The molecule has 0 spiro atoms. The number of para-hydroxylation sites is 1. The van der Waals surface area contributed by atoms with Gasteiger partial charge in [0.15, 0.2) is 0 Å². The summed E-state index contributed by atoms with van der Waals surface area (Å²) in [6.45, 7) is 9.07. The molecule has 1 heterocycles. The summed E-state index contributed by atoms with van der Waals surface area (Å²) in [5.74, 6) is -0.117. The van der Waals surface area contributed by atoms with Gasteiger partial charge in [0.2, 0.25) is 0 Å². The zero-order valence-corrected chi connectivity index (χ0v) is 22.6. The van der Waals surface area contributed by atoms with Crippen molar-refractivity contribution < 1.29 is 14.6 Å². The first kappa shape index (κ1) is 25.3. The molecule has 38 heavy (non-hydrogen) atoms. The van der Waals surface area contributed by atoms with E-state index in [1.807, 2.05) is 53.1 Å². The van der Waals surface area contributed by atoms with Crippen LogP contribution in [0.2, 0.25) is 0 Å². The average molecular weight is 504 g/mol. The van der Waals surface area contributed by atoms with Crippen LogP contribution < -0.4 is 4.74 Å². The Morgan fingerprint density at radius 2 is 1.47 bits per heavy atom. The average Bonchev–Trinajstić information content (AvgIpc) is 3.24.